The van der Waals surface area contributed by atoms with Crippen LogP contribution in [0.25, 0.3) is 0 Å². The Bertz CT molecular complexity index is 114. The zero-order chi connectivity index (χ0) is 7.28. The van der Waals surface area contributed by atoms with Crippen LogP contribution in [0, 0.1) is 0 Å². The van der Waals surface area contributed by atoms with Gasteiger partial charge in [0.05, 0.1) is 0 Å². The van der Waals surface area contributed by atoms with Gasteiger partial charge in [0.2, 0.25) is 0 Å². The van der Waals surface area contributed by atoms with E-state index in [1.807, 2.05) is 0 Å². The van der Waals surface area contributed by atoms with E-state index in [4.69, 9.17) is 5.73 Å². The largest absolute Gasteiger partial charge is 0.460 e. The summed E-state index contributed by atoms with van der Waals surface area (Å²) in [4.78, 5) is 10.5. The van der Waals surface area contributed by atoms with E-state index in [1.54, 1.807) is 6.92 Å². The van der Waals surface area contributed by atoms with Crippen molar-refractivity contribution >= 4 is 18.4 Å². The van der Waals surface area contributed by atoms with Crippen molar-refractivity contribution < 1.29 is 9.53 Å². The van der Waals surface area contributed by atoms with Crippen molar-refractivity contribution in [2.45, 2.75) is 13.0 Å². The third kappa shape index (κ3) is 5.59. The maximum absolute atomic E-state index is 10.5. The number of ether oxygens (including phenoxy) is 1. The molecule has 0 heterocycles. The van der Waals surface area contributed by atoms with Crippen LogP contribution in [0.5, 0.6) is 0 Å². The van der Waals surface area contributed by atoms with Crippen molar-refractivity contribution in [2.75, 3.05) is 6.61 Å². The molecule has 1 unspecified atom stereocenters. The SMILES string of the molecule is C=CCOC(=O)C(C)N.Cl. The quantitative estimate of drug-likeness (QED) is 0.489. The van der Waals surface area contributed by atoms with Gasteiger partial charge < -0.3 is 10.5 Å². The van der Waals surface area contributed by atoms with Gasteiger partial charge in [-0.3, -0.25) is 4.79 Å². The number of carbonyl (C=O) groups is 1. The fourth-order valence-electron chi connectivity index (χ4n) is 0.273. The minimum atomic E-state index is -0.537. The molecule has 0 aliphatic heterocycles. The summed E-state index contributed by atoms with van der Waals surface area (Å²) >= 11 is 0. The molecule has 0 aliphatic rings. The van der Waals surface area contributed by atoms with Gasteiger partial charge >= 0.3 is 5.97 Å². The fraction of sp³-hybridized carbons (Fsp3) is 0.500. The Hall–Kier alpha value is -0.540. The van der Waals surface area contributed by atoms with E-state index in [-0.39, 0.29) is 19.0 Å². The van der Waals surface area contributed by atoms with Crippen molar-refractivity contribution in [3.63, 3.8) is 0 Å². The number of nitrogens with two attached hydrogens (primary N) is 1. The summed E-state index contributed by atoms with van der Waals surface area (Å²) in [6, 6.07) is -0.537. The Morgan fingerprint density at radius 2 is 2.40 bits per heavy atom. The lowest BCUT2D eigenvalue weighted by Gasteiger charge is -2.02. The van der Waals surface area contributed by atoms with Gasteiger partial charge in [-0.25, -0.2) is 0 Å². The minimum absolute atomic E-state index is 0. The molecule has 0 radical (unpaired) electrons. The molecular weight excluding hydrogens is 154 g/mol. The minimum Gasteiger partial charge on any atom is -0.460 e. The van der Waals surface area contributed by atoms with E-state index < -0.39 is 12.0 Å². The third-order valence-corrected chi connectivity index (χ3v) is 0.715. The number of hydrogen-bond acceptors (Lipinski definition) is 3. The monoisotopic (exact) mass is 165 g/mol. The van der Waals surface area contributed by atoms with Crippen LogP contribution in [-0.4, -0.2) is 18.6 Å². The average molecular weight is 166 g/mol. The molecule has 0 aromatic carbocycles. The van der Waals surface area contributed by atoms with Crippen LogP contribution in [0.4, 0.5) is 0 Å². The second kappa shape index (κ2) is 6.58. The molecule has 0 rings (SSSR count). The Morgan fingerprint density at radius 1 is 1.90 bits per heavy atom. The lowest BCUT2D eigenvalue weighted by molar-refractivity contribution is -0.143. The van der Waals surface area contributed by atoms with Crippen molar-refractivity contribution in [3.8, 4) is 0 Å². The van der Waals surface area contributed by atoms with Crippen molar-refractivity contribution in [3.05, 3.63) is 12.7 Å². The first kappa shape index (κ1) is 12.2. The molecule has 2 N–H and O–H groups in total. The first-order valence-electron chi connectivity index (χ1n) is 2.71. The molecular formula is C6H12ClNO2. The zero-order valence-electron chi connectivity index (χ0n) is 5.87. The van der Waals surface area contributed by atoms with Gasteiger partial charge in [-0.15, -0.1) is 12.4 Å². The Kier molecular flexibility index (Phi) is 8.00. The molecule has 1 atom stereocenters. The Labute approximate surface area is 66.6 Å². The number of halogens is 1. The van der Waals surface area contributed by atoms with Crippen molar-refractivity contribution in [2.24, 2.45) is 5.73 Å². The molecule has 4 heteroatoms. The van der Waals surface area contributed by atoms with Crippen LogP contribution in [0.2, 0.25) is 0 Å². The molecule has 0 aromatic heterocycles. The standard InChI is InChI=1S/C6H11NO2.ClH/c1-3-4-9-6(8)5(2)7;/h3,5H,1,4,7H2,2H3;1H. The van der Waals surface area contributed by atoms with E-state index in [1.165, 1.54) is 6.08 Å². The molecule has 0 saturated heterocycles. The molecule has 60 valence electrons. The van der Waals surface area contributed by atoms with E-state index >= 15 is 0 Å². The summed E-state index contributed by atoms with van der Waals surface area (Å²) in [5.74, 6) is -0.394. The summed E-state index contributed by atoms with van der Waals surface area (Å²) in [6.45, 7) is 5.19. The summed E-state index contributed by atoms with van der Waals surface area (Å²) in [5, 5.41) is 0. The number of rotatable bonds is 3. The van der Waals surface area contributed by atoms with E-state index in [9.17, 15) is 4.79 Å². The average Bonchev–Trinajstić information content (AvgIpc) is 1.82. The predicted octanol–water partition coefficient (Wildman–Crippen LogP) is 0.485. The number of hydrogen-bond donors (Lipinski definition) is 1. The van der Waals surface area contributed by atoms with Gasteiger partial charge in [0.25, 0.3) is 0 Å². The second-order valence-electron chi connectivity index (χ2n) is 1.71. The Balaban J connectivity index is 0. The van der Waals surface area contributed by atoms with Crippen LogP contribution >= 0.6 is 12.4 Å². The topological polar surface area (TPSA) is 52.3 Å². The predicted molar refractivity (Wildman–Crippen MR) is 42.1 cm³/mol. The maximum Gasteiger partial charge on any atom is 0.322 e. The highest BCUT2D eigenvalue weighted by molar-refractivity contribution is 5.85. The highest BCUT2D eigenvalue weighted by Gasteiger charge is 2.05. The lowest BCUT2D eigenvalue weighted by Crippen LogP contribution is -2.28. The highest BCUT2D eigenvalue weighted by atomic mass is 35.5. The summed E-state index contributed by atoms with van der Waals surface area (Å²) in [5.41, 5.74) is 5.17. The van der Waals surface area contributed by atoms with Gasteiger partial charge in [0, 0.05) is 0 Å². The summed E-state index contributed by atoms with van der Waals surface area (Å²) in [6.07, 6.45) is 1.50. The molecule has 0 aliphatic carbocycles. The first-order chi connectivity index (χ1) is 4.18. The van der Waals surface area contributed by atoms with E-state index in [0.717, 1.165) is 0 Å². The van der Waals surface area contributed by atoms with Crippen molar-refractivity contribution in [1.29, 1.82) is 0 Å². The van der Waals surface area contributed by atoms with Gasteiger partial charge in [0.15, 0.2) is 0 Å². The number of carbonyl (C=O) groups excluding carboxylic acids is 1. The fourth-order valence-corrected chi connectivity index (χ4v) is 0.273. The molecule has 0 aromatic rings. The molecule has 0 bridgehead atoms. The van der Waals surface area contributed by atoms with Gasteiger partial charge in [-0.05, 0) is 6.92 Å². The van der Waals surface area contributed by atoms with E-state index in [2.05, 4.69) is 11.3 Å². The summed E-state index contributed by atoms with van der Waals surface area (Å²) < 4.78 is 4.57. The second-order valence-corrected chi connectivity index (χ2v) is 1.71. The highest BCUT2D eigenvalue weighted by Crippen LogP contribution is 1.82. The van der Waals surface area contributed by atoms with E-state index in [0.29, 0.717) is 0 Å². The van der Waals surface area contributed by atoms with Crippen molar-refractivity contribution in [1.82, 2.24) is 0 Å². The Morgan fingerprint density at radius 3 is 2.70 bits per heavy atom. The van der Waals surface area contributed by atoms with Crippen LogP contribution in [0.3, 0.4) is 0 Å². The molecule has 3 nitrogen and oxygen atoms in total. The van der Waals surface area contributed by atoms with Crippen LogP contribution in [0.15, 0.2) is 12.7 Å². The van der Waals surface area contributed by atoms with Crippen LogP contribution in [-0.2, 0) is 9.53 Å². The molecule has 0 saturated carbocycles. The van der Waals surface area contributed by atoms with Gasteiger partial charge in [0.1, 0.15) is 12.6 Å². The molecule has 0 spiro atoms. The van der Waals surface area contributed by atoms with Gasteiger partial charge in [-0.1, -0.05) is 12.7 Å². The molecule has 10 heavy (non-hydrogen) atoms. The van der Waals surface area contributed by atoms with Crippen LogP contribution < -0.4 is 5.73 Å². The lowest BCUT2D eigenvalue weighted by atomic mass is 10.4. The maximum atomic E-state index is 10.5. The van der Waals surface area contributed by atoms with Gasteiger partial charge in [-0.2, -0.15) is 0 Å². The summed E-state index contributed by atoms with van der Waals surface area (Å²) in [7, 11) is 0. The normalized spacial score (nSPS) is 11.0. The zero-order valence-corrected chi connectivity index (χ0v) is 6.69. The van der Waals surface area contributed by atoms with Crippen LogP contribution in [0.1, 0.15) is 6.92 Å². The first-order valence-corrected chi connectivity index (χ1v) is 2.71. The molecule has 0 amide bonds. The number of esters is 1. The molecule has 0 fully saturated rings. The third-order valence-electron chi connectivity index (χ3n) is 0.715. The smallest absolute Gasteiger partial charge is 0.322 e.